The number of methoxy groups -OCH3 is 1. The standard InChI is InChI=1S/C20H23NOS/c1-22-16-4-5-18-14(9-16)6-7-21-12-15-10-17(8-13-2-3-13)23-20(15)11-19(18)21/h4-5,9-10,13,19H,2-3,6-8,11-12H2,1H3. The average molecular weight is 325 g/mol. The van der Waals surface area contributed by atoms with E-state index in [0.29, 0.717) is 6.04 Å². The van der Waals surface area contributed by atoms with Crippen molar-refractivity contribution in [3.63, 3.8) is 0 Å². The predicted molar refractivity (Wildman–Crippen MR) is 94.3 cm³/mol. The molecular weight excluding hydrogens is 302 g/mol. The monoisotopic (exact) mass is 325 g/mol. The van der Waals surface area contributed by atoms with Crippen LogP contribution in [-0.4, -0.2) is 18.6 Å². The molecular formula is C20H23NOS. The van der Waals surface area contributed by atoms with Crippen LogP contribution in [-0.2, 0) is 25.8 Å². The molecule has 0 N–H and O–H groups in total. The Morgan fingerprint density at radius 2 is 2.13 bits per heavy atom. The smallest absolute Gasteiger partial charge is 0.119 e. The summed E-state index contributed by atoms with van der Waals surface area (Å²) in [5, 5.41) is 0. The molecule has 1 aliphatic carbocycles. The fraction of sp³-hybridized carbons (Fsp3) is 0.500. The lowest BCUT2D eigenvalue weighted by Gasteiger charge is -2.40. The highest BCUT2D eigenvalue weighted by molar-refractivity contribution is 7.12. The number of fused-ring (bicyclic) bond motifs is 4. The van der Waals surface area contributed by atoms with Crippen LogP contribution in [0.15, 0.2) is 24.3 Å². The van der Waals surface area contributed by atoms with Gasteiger partial charge in [0.25, 0.3) is 0 Å². The largest absolute Gasteiger partial charge is 0.497 e. The van der Waals surface area contributed by atoms with Gasteiger partial charge in [-0.15, -0.1) is 11.3 Å². The van der Waals surface area contributed by atoms with Crippen molar-refractivity contribution in [2.45, 2.75) is 44.7 Å². The van der Waals surface area contributed by atoms with Gasteiger partial charge in [0.1, 0.15) is 5.75 Å². The van der Waals surface area contributed by atoms with Crippen LogP contribution < -0.4 is 4.74 Å². The van der Waals surface area contributed by atoms with Crippen molar-refractivity contribution in [2.75, 3.05) is 13.7 Å². The third-order valence-electron chi connectivity index (χ3n) is 5.70. The van der Waals surface area contributed by atoms with Crippen molar-refractivity contribution in [2.24, 2.45) is 5.92 Å². The highest BCUT2D eigenvalue weighted by atomic mass is 32.1. The van der Waals surface area contributed by atoms with Gasteiger partial charge in [-0.3, -0.25) is 4.90 Å². The topological polar surface area (TPSA) is 12.5 Å². The molecule has 3 heterocycles. The molecule has 2 aliphatic heterocycles. The molecule has 3 aliphatic rings. The van der Waals surface area contributed by atoms with Crippen molar-refractivity contribution >= 4 is 11.3 Å². The van der Waals surface area contributed by atoms with Gasteiger partial charge in [-0.25, -0.2) is 0 Å². The number of rotatable bonds is 3. The molecule has 0 spiro atoms. The van der Waals surface area contributed by atoms with Crippen molar-refractivity contribution in [1.29, 1.82) is 0 Å². The summed E-state index contributed by atoms with van der Waals surface area (Å²) < 4.78 is 5.41. The van der Waals surface area contributed by atoms with Crippen LogP contribution in [0.2, 0.25) is 0 Å². The van der Waals surface area contributed by atoms with Crippen molar-refractivity contribution < 1.29 is 4.74 Å². The minimum Gasteiger partial charge on any atom is -0.497 e. The second-order valence-corrected chi connectivity index (χ2v) is 8.54. The normalized spacial score (nSPS) is 23.1. The molecule has 2 nitrogen and oxygen atoms in total. The van der Waals surface area contributed by atoms with Gasteiger partial charge in [0.2, 0.25) is 0 Å². The number of thiophene rings is 1. The number of hydrogen-bond donors (Lipinski definition) is 0. The number of benzene rings is 1. The quantitative estimate of drug-likeness (QED) is 0.831. The van der Waals surface area contributed by atoms with Gasteiger partial charge in [0.15, 0.2) is 0 Å². The van der Waals surface area contributed by atoms with Crippen molar-refractivity contribution in [3.05, 3.63) is 50.7 Å². The van der Waals surface area contributed by atoms with Crippen LogP contribution in [0.5, 0.6) is 5.75 Å². The van der Waals surface area contributed by atoms with Crippen molar-refractivity contribution in [3.8, 4) is 5.75 Å². The summed E-state index contributed by atoms with van der Waals surface area (Å²) in [5.74, 6) is 1.99. The minimum absolute atomic E-state index is 0.574. The van der Waals surface area contributed by atoms with E-state index in [2.05, 4.69) is 40.5 Å². The Morgan fingerprint density at radius 1 is 1.22 bits per heavy atom. The number of ether oxygens (including phenoxy) is 1. The Labute approximate surface area is 142 Å². The Hall–Kier alpha value is -1.32. The van der Waals surface area contributed by atoms with Crippen LogP contribution in [0.4, 0.5) is 0 Å². The SMILES string of the molecule is COc1ccc2c(c1)CCN1Cc3cc(CC4CC4)sc3CC21. The van der Waals surface area contributed by atoms with Crippen LogP contribution in [0.25, 0.3) is 0 Å². The zero-order chi connectivity index (χ0) is 15.4. The Bertz CT molecular complexity index is 746. The Morgan fingerprint density at radius 3 is 2.96 bits per heavy atom. The van der Waals surface area contributed by atoms with Gasteiger partial charge in [-0.2, -0.15) is 0 Å². The van der Waals surface area contributed by atoms with Gasteiger partial charge < -0.3 is 4.74 Å². The average Bonchev–Trinajstić information content (AvgIpc) is 3.30. The molecule has 0 amide bonds. The number of nitrogens with zero attached hydrogens (tertiary/aromatic N) is 1. The van der Waals surface area contributed by atoms with E-state index in [1.165, 1.54) is 43.4 Å². The van der Waals surface area contributed by atoms with Crippen LogP contribution >= 0.6 is 11.3 Å². The fourth-order valence-corrected chi connectivity index (χ4v) is 5.56. The summed E-state index contributed by atoms with van der Waals surface area (Å²) in [7, 11) is 1.76. The lowest BCUT2D eigenvalue weighted by molar-refractivity contribution is 0.162. The highest BCUT2D eigenvalue weighted by Gasteiger charge is 2.33. The molecule has 1 atom stereocenters. The van der Waals surface area contributed by atoms with Gasteiger partial charge in [-0.05, 0) is 66.5 Å². The lowest BCUT2D eigenvalue weighted by Crippen LogP contribution is -2.38. The molecule has 2 aromatic rings. The van der Waals surface area contributed by atoms with Gasteiger partial charge in [0.05, 0.1) is 7.11 Å². The van der Waals surface area contributed by atoms with E-state index >= 15 is 0 Å². The summed E-state index contributed by atoms with van der Waals surface area (Å²) in [6, 6.07) is 9.76. The van der Waals surface area contributed by atoms with Crippen LogP contribution in [0.3, 0.4) is 0 Å². The van der Waals surface area contributed by atoms with E-state index in [0.717, 1.165) is 24.6 Å². The zero-order valence-corrected chi connectivity index (χ0v) is 14.5. The van der Waals surface area contributed by atoms with E-state index in [9.17, 15) is 0 Å². The zero-order valence-electron chi connectivity index (χ0n) is 13.7. The van der Waals surface area contributed by atoms with E-state index in [4.69, 9.17) is 4.74 Å². The van der Waals surface area contributed by atoms with Gasteiger partial charge in [0, 0.05) is 35.3 Å². The summed E-state index contributed by atoms with van der Waals surface area (Å²) in [6.45, 7) is 2.32. The van der Waals surface area contributed by atoms with E-state index in [1.54, 1.807) is 22.4 Å². The molecule has 5 rings (SSSR count). The molecule has 23 heavy (non-hydrogen) atoms. The molecule has 1 unspecified atom stereocenters. The third kappa shape index (κ3) is 2.50. The van der Waals surface area contributed by atoms with Gasteiger partial charge in [-0.1, -0.05) is 6.07 Å². The first-order valence-corrected chi connectivity index (χ1v) is 9.63. The molecule has 1 saturated carbocycles. The highest BCUT2D eigenvalue weighted by Crippen LogP contribution is 2.43. The maximum atomic E-state index is 5.41. The first-order chi connectivity index (χ1) is 11.3. The Kier molecular flexibility index (Phi) is 3.27. The van der Waals surface area contributed by atoms with E-state index < -0.39 is 0 Å². The summed E-state index contributed by atoms with van der Waals surface area (Å²) >= 11 is 2.09. The minimum atomic E-state index is 0.574. The second kappa shape index (κ2) is 5.35. The van der Waals surface area contributed by atoms with Crippen LogP contribution in [0, 0.1) is 5.92 Å². The predicted octanol–water partition coefficient (Wildman–Crippen LogP) is 4.36. The van der Waals surface area contributed by atoms with Gasteiger partial charge >= 0.3 is 0 Å². The third-order valence-corrected chi connectivity index (χ3v) is 6.93. The van der Waals surface area contributed by atoms with Crippen LogP contribution in [0.1, 0.15) is 45.3 Å². The summed E-state index contributed by atoms with van der Waals surface area (Å²) in [5.41, 5.74) is 4.63. The fourth-order valence-electron chi connectivity index (χ4n) is 4.23. The molecule has 0 saturated heterocycles. The second-order valence-electron chi connectivity index (χ2n) is 7.31. The molecule has 0 bridgehead atoms. The maximum absolute atomic E-state index is 5.41. The lowest BCUT2D eigenvalue weighted by atomic mass is 9.87. The molecule has 1 aromatic heterocycles. The summed E-state index contributed by atoms with van der Waals surface area (Å²) in [4.78, 5) is 5.96. The number of hydrogen-bond acceptors (Lipinski definition) is 3. The molecule has 1 aromatic carbocycles. The van der Waals surface area contributed by atoms with Crippen molar-refractivity contribution in [1.82, 2.24) is 4.90 Å². The Balaban J connectivity index is 1.45. The molecule has 120 valence electrons. The first kappa shape index (κ1) is 14.1. The van der Waals surface area contributed by atoms with E-state index in [1.807, 2.05) is 0 Å². The first-order valence-electron chi connectivity index (χ1n) is 8.81. The van der Waals surface area contributed by atoms with E-state index in [-0.39, 0.29) is 0 Å². The molecule has 0 radical (unpaired) electrons. The molecule has 3 heteroatoms. The maximum Gasteiger partial charge on any atom is 0.119 e. The molecule has 1 fully saturated rings. The summed E-state index contributed by atoms with van der Waals surface area (Å²) in [6.07, 6.45) is 6.58.